The molecule has 1 heterocycles. The zero-order valence-electron chi connectivity index (χ0n) is 9.16. The Morgan fingerprint density at radius 3 is 2.62 bits per heavy atom. The van der Waals surface area contributed by atoms with Gasteiger partial charge in [-0.05, 0) is 61.4 Å². The first-order valence-corrected chi connectivity index (χ1v) is 5.81. The van der Waals surface area contributed by atoms with E-state index in [1.54, 1.807) is 12.1 Å². The normalized spacial score (nSPS) is 32.2. The summed E-state index contributed by atoms with van der Waals surface area (Å²) in [5.41, 5.74) is 1.32. The van der Waals surface area contributed by atoms with Crippen LogP contribution in [0.1, 0.15) is 24.3 Å². The molecule has 1 nitrogen and oxygen atoms in total. The van der Waals surface area contributed by atoms with Crippen molar-refractivity contribution in [2.24, 2.45) is 11.8 Å². The Morgan fingerprint density at radius 1 is 1.19 bits per heavy atom. The van der Waals surface area contributed by atoms with E-state index in [0.29, 0.717) is 5.92 Å². The number of hydrogen-bond donors (Lipinski definition) is 1. The Kier molecular flexibility index (Phi) is 3.50. The van der Waals surface area contributed by atoms with Crippen molar-refractivity contribution in [3.8, 4) is 0 Å². The van der Waals surface area contributed by atoms with E-state index in [1.807, 2.05) is 12.1 Å². The summed E-state index contributed by atoms with van der Waals surface area (Å²) in [5.74, 6) is 2.25. The SMILES string of the molecule is Cl.Fc1ccc(C2CC3CCNCC32)cc1. The molecule has 1 N–H and O–H groups in total. The average molecular weight is 242 g/mol. The monoisotopic (exact) mass is 241 g/mol. The van der Waals surface area contributed by atoms with E-state index in [2.05, 4.69) is 5.32 Å². The summed E-state index contributed by atoms with van der Waals surface area (Å²) in [4.78, 5) is 0. The Labute approximate surface area is 102 Å². The van der Waals surface area contributed by atoms with Gasteiger partial charge in [0.05, 0.1) is 0 Å². The lowest BCUT2D eigenvalue weighted by molar-refractivity contribution is 0.0933. The summed E-state index contributed by atoms with van der Waals surface area (Å²) in [7, 11) is 0. The molecule has 88 valence electrons. The molecule has 1 aliphatic carbocycles. The highest BCUT2D eigenvalue weighted by molar-refractivity contribution is 5.85. The first-order valence-electron chi connectivity index (χ1n) is 5.81. The van der Waals surface area contributed by atoms with Gasteiger partial charge < -0.3 is 5.32 Å². The lowest BCUT2D eigenvalue weighted by atomic mass is 9.60. The Hall–Kier alpha value is -0.600. The molecule has 0 aromatic heterocycles. The van der Waals surface area contributed by atoms with Gasteiger partial charge >= 0.3 is 0 Å². The van der Waals surface area contributed by atoms with Crippen LogP contribution in [0.15, 0.2) is 24.3 Å². The van der Waals surface area contributed by atoms with Crippen molar-refractivity contribution in [1.29, 1.82) is 0 Å². The molecule has 1 aromatic carbocycles. The maximum Gasteiger partial charge on any atom is 0.123 e. The first kappa shape index (κ1) is 11.9. The number of halogens is 2. The third-order valence-corrected chi connectivity index (χ3v) is 4.05. The third kappa shape index (κ3) is 1.96. The number of rotatable bonds is 1. The van der Waals surface area contributed by atoms with Gasteiger partial charge in [-0.25, -0.2) is 4.39 Å². The van der Waals surface area contributed by atoms with Crippen LogP contribution in [-0.4, -0.2) is 13.1 Å². The van der Waals surface area contributed by atoms with Gasteiger partial charge in [-0.3, -0.25) is 0 Å². The van der Waals surface area contributed by atoms with Gasteiger partial charge in [0.25, 0.3) is 0 Å². The average Bonchev–Trinajstić information content (AvgIpc) is 2.23. The number of benzene rings is 1. The summed E-state index contributed by atoms with van der Waals surface area (Å²) in [5, 5.41) is 3.45. The number of hydrogen-bond acceptors (Lipinski definition) is 1. The molecule has 0 amide bonds. The number of nitrogens with one attached hydrogen (secondary N) is 1. The summed E-state index contributed by atoms with van der Waals surface area (Å²) < 4.78 is 12.8. The molecular formula is C13H17ClFN. The van der Waals surface area contributed by atoms with Crippen LogP contribution in [0, 0.1) is 17.7 Å². The zero-order valence-corrected chi connectivity index (χ0v) is 9.97. The highest BCUT2D eigenvalue weighted by atomic mass is 35.5. The van der Waals surface area contributed by atoms with E-state index in [1.165, 1.54) is 24.9 Å². The van der Waals surface area contributed by atoms with Crippen LogP contribution < -0.4 is 5.32 Å². The zero-order chi connectivity index (χ0) is 10.3. The molecule has 3 rings (SSSR count). The minimum absolute atomic E-state index is 0. The fourth-order valence-corrected chi connectivity index (χ4v) is 3.10. The van der Waals surface area contributed by atoms with Crippen molar-refractivity contribution < 1.29 is 4.39 Å². The smallest absolute Gasteiger partial charge is 0.123 e. The summed E-state index contributed by atoms with van der Waals surface area (Å²) >= 11 is 0. The van der Waals surface area contributed by atoms with Crippen LogP contribution in [0.2, 0.25) is 0 Å². The maximum atomic E-state index is 12.8. The third-order valence-electron chi connectivity index (χ3n) is 4.05. The Balaban J connectivity index is 0.000000963. The topological polar surface area (TPSA) is 12.0 Å². The molecule has 0 spiro atoms. The molecule has 1 aromatic rings. The molecule has 1 aliphatic heterocycles. The van der Waals surface area contributed by atoms with Crippen LogP contribution in [0.5, 0.6) is 0 Å². The Morgan fingerprint density at radius 2 is 1.94 bits per heavy atom. The molecule has 2 fully saturated rings. The van der Waals surface area contributed by atoms with Gasteiger partial charge in [-0.15, -0.1) is 12.4 Å². The highest BCUT2D eigenvalue weighted by Crippen LogP contribution is 2.49. The minimum atomic E-state index is -0.128. The van der Waals surface area contributed by atoms with Gasteiger partial charge in [0.1, 0.15) is 5.82 Å². The van der Waals surface area contributed by atoms with Crippen molar-refractivity contribution in [3.05, 3.63) is 35.6 Å². The van der Waals surface area contributed by atoms with Crippen molar-refractivity contribution in [2.75, 3.05) is 13.1 Å². The van der Waals surface area contributed by atoms with Crippen molar-refractivity contribution >= 4 is 12.4 Å². The molecular weight excluding hydrogens is 225 g/mol. The largest absolute Gasteiger partial charge is 0.316 e. The second kappa shape index (κ2) is 4.72. The van der Waals surface area contributed by atoms with Gasteiger partial charge in [0.2, 0.25) is 0 Å². The van der Waals surface area contributed by atoms with E-state index in [-0.39, 0.29) is 18.2 Å². The highest BCUT2D eigenvalue weighted by Gasteiger charge is 2.42. The van der Waals surface area contributed by atoms with Crippen LogP contribution >= 0.6 is 12.4 Å². The minimum Gasteiger partial charge on any atom is -0.316 e. The predicted molar refractivity (Wildman–Crippen MR) is 65.5 cm³/mol. The lowest BCUT2D eigenvalue weighted by Crippen LogP contribution is -2.47. The summed E-state index contributed by atoms with van der Waals surface area (Å²) in [6.45, 7) is 2.32. The van der Waals surface area contributed by atoms with Crippen molar-refractivity contribution in [2.45, 2.75) is 18.8 Å². The van der Waals surface area contributed by atoms with Crippen molar-refractivity contribution in [1.82, 2.24) is 5.32 Å². The van der Waals surface area contributed by atoms with Crippen LogP contribution in [0.4, 0.5) is 4.39 Å². The fourth-order valence-electron chi connectivity index (χ4n) is 3.10. The lowest BCUT2D eigenvalue weighted by Gasteiger charge is -2.48. The van der Waals surface area contributed by atoms with Crippen molar-refractivity contribution in [3.63, 3.8) is 0 Å². The first-order chi connectivity index (χ1) is 7.34. The van der Waals surface area contributed by atoms with E-state index in [0.717, 1.165) is 18.4 Å². The molecule has 3 heteroatoms. The number of piperidine rings is 1. The van der Waals surface area contributed by atoms with E-state index >= 15 is 0 Å². The molecule has 0 radical (unpaired) electrons. The molecule has 3 atom stereocenters. The predicted octanol–water partition coefficient (Wildman–Crippen LogP) is 2.96. The maximum absolute atomic E-state index is 12.8. The summed E-state index contributed by atoms with van der Waals surface area (Å²) in [6.07, 6.45) is 2.63. The molecule has 2 aliphatic rings. The van der Waals surface area contributed by atoms with Gasteiger partial charge in [-0.2, -0.15) is 0 Å². The standard InChI is InChI=1S/C13H16FN.ClH/c14-11-3-1-9(2-4-11)12-7-10-5-6-15-8-13(10)12;/h1-4,10,12-13,15H,5-8H2;1H. The second-order valence-electron chi connectivity index (χ2n) is 4.81. The fraction of sp³-hybridized carbons (Fsp3) is 0.538. The van der Waals surface area contributed by atoms with E-state index in [4.69, 9.17) is 0 Å². The van der Waals surface area contributed by atoms with Gasteiger partial charge in [-0.1, -0.05) is 12.1 Å². The molecule has 0 bridgehead atoms. The van der Waals surface area contributed by atoms with Gasteiger partial charge in [0.15, 0.2) is 0 Å². The molecule has 16 heavy (non-hydrogen) atoms. The van der Waals surface area contributed by atoms with Crippen LogP contribution in [0.3, 0.4) is 0 Å². The summed E-state index contributed by atoms with van der Waals surface area (Å²) in [6, 6.07) is 7.06. The van der Waals surface area contributed by atoms with Crippen LogP contribution in [-0.2, 0) is 0 Å². The second-order valence-corrected chi connectivity index (χ2v) is 4.81. The quantitative estimate of drug-likeness (QED) is 0.797. The molecule has 1 saturated carbocycles. The van der Waals surface area contributed by atoms with E-state index < -0.39 is 0 Å². The molecule has 3 unspecified atom stereocenters. The van der Waals surface area contributed by atoms with Gasteiger partial charge in [0, 0.05) is 0 Å². The Bertz CT molecular complexity index is 351. The van der Waals surface area contributed by atoms with Crippen LogP contribution in [0.25, 0.3) is 0 Å². The number of fused-ring (bicyclic) bond motifs is 1. The molecule has 1 saturated heterocycles. The van der Waals surface area contributed by atoms with E-state index in [9.17, 15) is 4.39 Å².